The van der Waals surface area contributed by atoms with Gasteiger partial charge in [-0.3, -0.25) is 4.79 Å². The van der Waals surface area contributed by atoms with Gasteiger partial charge in [0.1, 0.15) is 5.69 Å². The molecule has 1 aliphatic rings. The van der Waals surface area contributed by atoms with Crippen molar-refractivity contribution >= 4 is 35.1 Å². The molecule has 0 N–H and O–H groups in total. The lowest BCUT2D eigenvalue weighted by Gasteiger charge is -2.16. The maximum atomic E-state index is 13.0. The molecular formula is C19H11Cl2NO2. The first-order chi connectivity index (χ1) is 11.6. The molecule has 0 saturated carbocycles. The highest BCUT2D eigenvalue weighted by Crippen LogP contribution is 2.36. The summed E-state index contributed by atoms with van der Waals surface area (Å²) in [6, 6.07) is 14.5. The molecule has 1 unspecified atom stereocenters. The molecule has 0 amide bonds. The second kappa shape index (κ2) is 5.93. The van der Waals surface area contributed by atoms with E-state index in [4.69, 9.17) is 27.7 Å². The summed E-state index contributed by atoms with van der Waals surface area (Å²) < 4.78 is 5.33. The van der Waals surface area contributed by atoms with Crippen molar-refractivity contribution < 1.29 is 9.32 Å². The van der Waals surface area contributed by atoms with Crippen LogP contribution >= 0.6 is 23.2 Å². The van der Waals surface area contributed by atoms with Gasteiger partial charge in [0.2, 0.25) is 0 Å². The second-order valence-electron chi connectivity index (χ2n) is 5.53. The molecule has 3 aromatic rings. The Labute approximate surface area is 148 Å². The lowest BCUT2D eigenvalue weighted by atomic mass is 9.85. The van der Waals surface area contributed by atoms with E-state index in [1.54, 1.807) is 30.3 Å². The molecule has 0 saturated heterocycles. The molecule has 0 spiro atoms. The second-order valence-corrected chi connectivity index (χ2v) is 6.41. The number of fused-ring (bicyclic) bond motifs is 1. The van der Waals surface area contributed by atoms with Crippen LogP contribution in [0.1, 0.15) is 27.6 Å². The third-order valence-electron chi connectivity index (χ3n) is 4.01. The van der Waals surface area contributed by atoms with E-state index < -0.39 is 5.92 Å². The van der Waals surface area contributed by atoms with Crippen molar-refractivity contribution in [3.63, 3.8) is 0 Å². The highest BCUT2D eigenvalue weighted by atomic mass is 35.5. The highest BCUT2D eigenvalue weighted by Gasteiger charge is 2.31. The number of rotatable bonds is 2. The number of allylic oxidation sites excluding steroid dienone is 1. The Morgan fingerprint density at radius 3 is 2.54 bits per heavy atom. The molecule has 5 heteroatoms. The SMILES string of the molecule is O=C1c2c(-c3ccc(Cl)cc3)noc2C=CC1c1cccc(Cl)c1. The molecule has 0 fully saturated rings. The van der Waals surface area contributed by atoms with Crippen LogP contribution in [0.3, 0.4) is 0 Å². The average Bonchev–Trinajstić information content (AvgIpc) is 3.01. The van der Waals surface area contributed by atoms with Crippen LogP contribution in [0.4, 0.5) is 0 Å². The number of hydrogen-bond acceptors (Lipinski definition) is 3. The van der Waals surface area contributed by atoms with Crippen LogP contribution in [0.15, 0.2) is 59.1 Å². The third kappa shape index (κ3) is 2.56. The molecule has 0 aliphatic heterocycles. The van der Waals surface area contributed by atoms with E-state index in [0.29, 0.717) is 27.1 Å². The van der Waals surface area contributed by atoms with Gasteiger partial charge in [-0.2, -0.15) is 0 Å². The summed E-state index contributed by atoms with van der Waals surface area (Å²) in [5.41, 5.74) is 2.66. The van der Waals surface area contributed by atoms with Gasteiger partial charge in [-0.1, -0.05) is 58.7 Å². The zero-order valence-corrected chi connectivity index (χ0v) is 13.9. The number of Topliss-reactive ketones (excluding diaryl/α,β-unsaturated/α-hetero) is 1. The zero-order valence-electron chi connectivity index (χ0n) is 12.4. The summed E-state index contributed by atoms with van der Waals surface area (Å²) in [6.07, 6.45) is 3.60. The van der Waals surface area contributed by atoms with E-state index in [0.717, 1.165) is 11.1 Å². The molecule has 3 nitrogen and oxygen atoms in total. The fourth-order valence-electron chi connectivity index (χ4n) is 2.85. The Bertz CT molecular complexity index is 958. The standard InChI is InChI=1S/C19H11Cl2NO2/c20-13-6-4-11(5-7-13)18-17-16(24-22-18)9-8-15(19(17)23)12-2-1-3-14(21)10-12/h1-10,15H. The number of carbonyl (C=O) groups excluding carboxylic acids is 1. The summed E-state index contributed by atoms with van der Waals surface area (Å²) in [7, 11) is 0. The number of nitrogens with zero attached hydrogens (tertiary/aromatic N) is 1. The number of aromatic nitrogens is 1. The summed E-state index contributed by atoms with van der Waals surface area (Å²) in [4.78, 5) is 13.0. The minimum absolute atomic E-state index is 0.0547. The van der Waals surface area contributed by atoms with Crippen LogP contribution in [0.2, 0.25) is 10.0 Å². The predicted octanol–water partition coefficient (Wildman–Crippen LogP) is 5.64. The van der Waals surface area contributed by atoms with Crippen LogP contribution in [-0.2, 0) is 0 Å². The number of hydrogen-bond donors (Lipinski definition) is 0. The lowest BCUT2D eigenvalue weighted by Crippen LogP contribution is -2.15. The Morgan fingerprint density at radius 1 is 1.00 bits per heavy atom. The van der Waals surface area contributed by atoms with E-state index in [9.17, 15) is 4.79 Å². The third-order valence-corrected chi connectivity index (χ3v) is 4.50. The molecule has 0 radical (unpaired) electrons. The molecular weight excluding hydrogens is 345 g/mol. The normalized spacial score (nSPS) is 16.2. The molecule has 0 bridgehead atoms. The lowest BCUT2D eigenvalue weighted by molar-refractivity contribution is 0.0974. The number of ketones is 1. The van der Waals surface area contributed by atoms with Crippen LogP contribution in [0, 0.1) is 0 Å². The Morgan fingerprint density at radius 2 is 1.79 bits per heavy atom. The molecule has 1 heterocycles. The molecule has 1 aliphatic carbocycles. The van der Waals surface area contributed by atoms with Gasteiger partial charge in [0, 0.05) is 15.6 Å². The smallest absolute Gasteiger partial charge is 0.180 e. The molecule has 2 aromatic carbocycles. The maximum absolute atomic E-state index is 13.0. The number of halogens is 2. The van der Waals surface area contributed by atoms with Crippen molar-refractivity contribution in [3.05, 3.63) is 81.5 Å². The van der Waals surface area contributed by atoms with Crippen molar-refractivity contribution in [1.29, 1.82) is 0 Å². The van der Waals surface area contributed by atoms with Crippen molar-refractivity contribution in [2.75, 3.05) is 0 Å². The van der Waals surface area contributed by atoms with Gasteiger partial charge >= 0.3 is 0 Å². The molecule has 4 rings (SSSR count). The maximum Gasteiger partial charge on any atom is 0.180 e. The fourth-order valence-corrected chi connectivity index (χ4v) is 3.17. The van der Waals surface area contributed by atoms with Crippen LogP contribution in [0.5, 0.6) is 0 Å². The first kappa shape index (κ1) is 15.2. The summed E-state index contributed by atoms with van der Waals surface area (Å²) >= 11 is 12.0. The van der Waals surface area contributed by atoms with E-state index in [-0.39, 0.29) is 5.78 Å². The van der Waals surface area contributed by atoms with Gasteiger partial charge in [-0.25, -0.2) is 0 Å². The van der Waals surface area contributed by atoms with Gasteiger partial charge in [0.25, 0.3) is 0 Å². The van der Waals surface area contributed by atoms with Gasteiger partial charge in [0.05, 0.1) is 11.5 Å². The van der Waals surface area contributed by atoms with E-state index >= 15 is 0 Å². The van der Waals surface area contributed by atoms with Gasteiger partial charge in [-0.05, 0) is 35.9 Å². The van der Waals surface area contributed by atoms with Crippen molar-refractivity contribution in [2.45, 2.75) is 5.92 Å². The highest BCUT2D eigenvalue weighted by molar-refractivity contribution is 6.31. The average molecular weight is 356 g/mol. The molecule has 1 aromatic heterocycles. The topological polar surface area (TPSA) is 43.1 Å². The van der Waals surface area contributed by atoms with Gasteiger partial charge < -0.3 is 4.52 Å². The fraction of sp³-hybridized carbons (Fsp3) is 0.0526. The van der Waals surface area contributed by atoms with Crippen molar-refractivity contribution in [2.24, 2.45) is 0 Å². The first-order valence-electron chi connectivity index (χ1n) is 7.37. The number of carbonyl (C=O) groups is 1. The zero-order chi connectivity index (χ0) is 16.7. The molecule has 24 heavy (non-hydrogen) atoms. The minimum Gasteiger partial charge on any atom is -0.356 e. The van der Waals surface area contributed by atoms with E-state index in [1.807, 2.05) is 30.3 Å². The quantitative estimate of drug-likeness (QED) is 0.597. The van der Waals surface area contributed by atoms with E-state index in [2.05, 4.69) is 5.16 Å². The van der Waals surface area contributed by atoms with Gasteiger partial charge in [-0.15, -0.1) is 0 Å². The number of benzene rings is 2. The van der Waals surface area contributed by atoms with Crippen molar-refractivity contribution in [3.8, 4) is 11.3 Å². The minimum atomic E-state index is -0.401. The first-order valence-corrected chi connectivity index (χ1v) is 8.12. The Balaban J connectivity index is 1.79. The van der Waals surface area contributed by atoms with Crippen molar-refractivity contribution in [1.82, 2.24) is 5.16 Å². The molecule has 1 atom stereocenters. The van der Waals surface area contributed by atoms with E-state index in [1.165, 1.54) is 0 Å². The summed E-state index contributed by atoms with van der Waals surface area (Å²) in [5.74, 6) is 0.0193. The van der Waals surface area contributed by atoms with Crippen LogP contribution in [0.25, 0.3) is 17.3 Å². The Hall–Kier alpha value is -2.36. The van der Waals surface area contributed by atoms with Gasteiger partial charge in [0.15, 0.2) is 11.5 Å². The summed E-state index contributed by atoms with van der Waals surface area (Å²) in [5, 5.41) is 5.30. The largest absolute Gasteiger partial charge is 0.356 e. The predicted molar refractivity (Wildman–Crippen MR) is 94.5 cm³/mol. The molecule has 118 valence electrons. The monoisotopic (exact) mass is 355 g/mol. The van der Waals surface area contributed by atoms with Crippen LogP contribution < -0.4 is 0 Å². The Kier molecular flexibility index (Phi) is 3.75. The van der Waals surface area contributed by atoms with Crippen LogP contribution in [-0.4, -0.2) is 10.9 Å². The summed E-state index contributed by atoms with van der Waals surface area (Å²) in [6.45, 7) is 0.